The van der Waals surface area contributed by atoms with Crippen molar-refractivity contribution in [2.45, 2.75) is 31.5 Å². The Hall–Kier alpha value is -0.910. The summed E-state index contributed by atoms with van der Waals surface area (Å²) in [6, 6.07) is 2.50. The largest absolute Gasteiger partial charge is 0.390 e. The van der Waals surface area contributed by atoms with Crippen LogP contribution in [-0.2, 0) is 6.54 Å². The van der Waals surface area contributed by atoms with Crippen molar-refractivity contribution in [3.8, 4) is 0 Å². The van der Waals surface area contributed by atoms with Gasteiger partial charge in [0.25, 0.3) is 0 Å². The number of hydrogen-bond donors (Lipinski definition) is 2. The molecule has 1 aromatic heterocycles. The Morgan fingerprint density at radius 2 is 2.47 bits per heavy atom. The zero-order valence-electron chi connectivity index (χ0n) is 10.4. The number of rotatable bonds is 6. The maximum absolute atomic E-state index is 9.82. The van der Waals surface area contributed by atoms with Crippen molar-refractivity contribution in [1.29, 1.82) is 0 Å². The summed E-state index contributed by atoms with van der Waals surface area (Å²) in [6.07, 6.45) is 5.78. The van der Waals surface area contributed by atoms with E-state index in [1.54, 1.807) is 10.9 Å². The lowest BCUT2D eigenvalue weighted by Crippen LogP contribution is -2.39. The molecule has 1 aromatic rings. The fraction of sp³-hybridized carbons (Fsp3) is 0.750. The zero-order chi connectivity index (χ0) is 12.1. The molecular weight excluding hydrogens is 216 g/mol. The van der Waals surface area contributed by atoms with Crippen LogP contribution in [-0.4, -0.2) is 58.6 Å². The summed E-state index contributed by atoms with van der Waals surface area (Å²) in [6.45, 7) is 3.35. The van der Waals surface area contributed by atoms with Crippen molar-refractivity contribution in [3.05, 3.63) is 18.5 Å². The highest BCUT2D eigenvalue weighted by Crippen LogP contribution is 2.13. The Morgan fingerprint density at radius 3 is 3.12 bits per heavy atom. The maximum Gasteiger partial charge on any atom is 0.0860 e. The Bertz CT molecular complexity index is 314. The fourth-order valence-corrected chi connectivity index (χ4v) is 2.34. The molecule has 2 heterocycles. The summed E-state index contributed by atoms with van der Waals surface area (Å²) < 4.78 is 1.76. The first-order valence-corrected chi connectivity index (χ1v) is 6.32. The van der Waals surface area contributed by atoms with Gasteiger partial charge in [-0.25, -0.2) is 0 Å². The molecule has 2 atom stereocenters. The van der Waals surface area contributed by atoms with Crippen LogP contribution in [0.3, 0.4) is 0 Å². The average molecular weight is 238 g/mol. The summed E-state index contributed by atoms with van der Waals surface area (Å²) >= 11 is 0. The van der Waals surface area contributed by atoms with Crippen LogP contribution in [0.2, 0.25) is 0 Å². The number of aliphatic hydroxyl groups is 1. The second-order valence-electron chi connectivity index (χ2n) is 4.82. The molecule has 5 nitrogen and oxygen atoms in total. The quantitative estimate of drug-likeness (QED) is 0.728. The highest BCUT2D eigenvalue weighted by atomic mass is 16.3. The molecule has 0 amide bonds. The predicted molar refractivity (Wildman–Crippen MR) is 66.8 cm³/mol. The number of likely N-dealkylation sites (N-methyl/N-ethyl adjacent to an activating group) is 1. The topological polar surface area (TPSA) is 53.3 Å². The van der Waals surface area contributed by atoms with Gasteiger partial charge in [0.2, 0.25) is 0 Å². The van der Waals surface area contributed by atoms with E-state index in [-0.39, 0.29) is 6.10 Å². The molecule has 2 rings (SSSR count). The molecule has 2 unspecified atom stereocenters. The van der Waals surface area contributed by atoms with Gasteiger partial charge in [-0.15, -0.1) is 0 Å². The lowest BCUT2D eigenvalue weighted by Gasteiger charge is -2.20. The molecule has 96 valence electrons. The van der Waals surface area contributed by atoms with Gasteiger partial charge in [-0.05, 0) is 32.5 Å². The number of aromatic nitrogens is 2. The third kappa shape index (κ3) is 3.80. The van der Waals surface area contributed by atoms with Crippen LogP contribution in [0, 0.1) is 0 Å². The molecular formula is C12H22N4O. The van der Waals surface area contributed by atoms with Crippen LogP contribution in [0.25, 0.3) is 0 Å². The van der Waals surface area contributed by atoms with Crippen molar-refractivity contribution < 1.29 is 5.11 Å². The van der Waals surface area contributed by atoms with Gasteiger partial charge in [0, 0.05) is 31.5 Å². The van der Waals surface area contributed by atoms with Gasteiger partial charge in [-0.1, -0.05) is 0 Å². The smallest absolute Gasteiger partial charge is 0.0860 e. The standard InChI is InChI=1S/C12H22N4O/c1-15-6-2-4-11(15)8-13-9-12(17)10-16-7-3-5-14-16/h3,5,7,11-13,17H,2,4,6,8-10H2,1H3. The second-order valence-corrected chi connectivity index (χ2v) is 4.82. The van der Waals surface area contributed by atoms with E-state index in [4.69, 9.17) is 0 Å². The van der Waals surface area contributed by atoms with E-state index in [0.717, 1.165) is 6.54 Å². The molecule has 1 aliphatic heterocycles. The number of nitrogens with one attached hydrogen (secondary N) is 1. The van der Waals surface area contributed by atoms with Crippen LogP contribution < -0.4 is 5.32 Å². The van der Waals surface area contributed by atoms with Crippen molar-refractivity contribution in [1.82, 2.24) is 20.0 Å². The monoisotopic (exact) mass is 238 g/mol. The SMILES string of the molecule is CN1CCCC1CNCC(O)Cn1cccn1. The van der Waals surface area contributed by atoms with E-state index in [9.17, 15) is 5.11 Å². The fourth-order valence-electron chi connectivity index (χ4n) is 2.34. The van der Waals surface area contributed by atoms with E-state index >= 15 is 0 Å². The zero-order valence-corrected chi connectivity index (χ0v) is 10.4. The van der Waals surface area contributed by atoms with Crippen molar-refractivity contribution in [2.75, 3.05) is 26.7 Å². The Morgan fingerprint density at radius 1 is 1.59 bits per heavy atom. The molecule has 17 heavy (non-hydrogen) atoms. The van der Waals surface area contributed by atoms with Gasteiger partial charge in [-0.2, -0.15) is 5.10 Å². The lowest BCUT2D eigenvalue weighted by atomic mass is 10.2. The van der Waals surface area contributed by atoms with Gasteiger partial charge < -0.3 is 15.3 Å². The van der Waals surface area contributed by atoms with Gasteiger partial charge in [0.05, 0.1) is 12.6 Å². The highest BCUT2D eigenvalue weighted by Gasteiger charge is 2.20. The molecule has 0 saturated carbocycles. The van der Waals surface area contributed by atoms with E-state index in [2.05, 4.69) is 22.4 Å². The molecule has 1 fully saturated rings. The first-order valence-electron chi connectivity index (χ1n) is 6.32. The molecule has 0 aliphatic carbocycles. The summed E-state index contributed by atoms with van der Waals surface area (Å²) in [5.41, 5.74) is 0. The first kappa shape index (κ1) is 12.5. The summed E-state index contributed by atoms with van der Waals surface area (Å²) in [5.74, 6) is 0. The normalized spacial score (nSPS) is 23.1. The van der Waals surface area contributed by atoms with E-state index in [1.807, 2.05) is 12.3 Å². The van der Waals surface area contributed by atoms with Crippen LogP contribution in [0.4, 0.5) is 0 Å². The minimum absolute atomic E-state index is 0.374. The first-order chi connectivity index (χ1) is 8.25. The van der Waals surface area contributed by atoms with Crippen molar-refractivity contribution >= 4 is 0 Å². The summed E-state index contributed by atoms with van der Waals surface area (Å²) in [7, 11) is 2.17. The summed E-state index contributed by atoms with van der Waals surface area (Å²) in [4.78, 5) is 2.38. The third-order valence-corrected chi connectivity index (χ3v) is 3.39. The van der Waals surface area contributed by atoms with Gasteiger partial charge >= 0.3 is 0 Å². The Kier molecular flexibility index (Phi) is 4.53. The molecule has 1 aliphatic rings. The third-order valence-electron chi connectivity index (χ3n) is 3.39. The number of aliphatic hydroxyl groups excluding tert-OH is 1. The van der Waals surface area contributed by atoms with Crippen LogP contribution in [0.15, 0.2) is 18.5 Å². The molecule has 0 aromatic carbocycles. The molecule has 5 heteroatoms. The average Bonchev–Trinajstić information content (AvgIpc) is 2.91. The van der Waals surface area contributed by atoms with Crippen LogP contribution >= 0.6 is 0 Å². The summed E-state index contributed by atoms with van der Waals surface area (Å²) in [5, 5.41) is 17.2. The lowest BCUT2D eigenvalue weighted by molar-refractivity contribution is 0.144. The molecule has 1 saturated heterocycles. The van der Waals surface area contributed by atoms with E-state index in [0.29, 0.717) is 19.1 Å². The minimum atomic E-state index is -0.374. The number of nitrogens with zero attached hydrogens (tertiary/aromatic N) is 3. The molecule has 0 spiro atoms. The van der Waals surface area contributed by atoms with Gasteiger partial charge in [0.1, 0.15) is 0 Å². The Labute approximate surface area is 102 Å². The molecule has 0 bridgehead atoms. The molecule has 0 radical (unpaired) electrons. The maximum atomic E-state index is 9.82. The van der Waals surface area contributed by atoms with Crippen LogP contribution in [0.5, 0.6) is 0 Å². The number of likely N-dealkylation sites (tertiary alicyclic amines) is 1. The predicted octanol–water partition coefficient (Wildman–Crippen LogP) is -0.0722. The van der Waals surface area contributed by atoms with Gasteiger partial charge in [0.15, 0.2) is 0 Å². The van der Waals surface area contributed by atoms with Crippen LogP contribution in [0.1, 0.15) is 12.8 Å². The molecule has 2 N–H and O–H groups in total. The van der Waals surface area contributed by atoms with Crippen molar-refractivity contribution in [3.63, 3.8) is 0 Å². The minimum Gasteiger partial charge on any atom is -0.390 e. The number of hydrogen-bond acceptors (Lipinski definition) is 4. The van der Waals surface area contributed by atoms with Crippen molar-refractivity contribution in [2.24, 2.45) is 0 Å². The second kappa shape index (κ2) is 6.14. The Balaban J connectivity index is 1.61. The van der Waals surface area contributed by atoms with E-state index < -0.39 is 0 Å². The highest BCUT2D eigenvalue weighted by molar-refractivity contribution is 4.80. The van der Waals surface area contributed by atoms with Gasteiger partial charge in [-0.3, -0.25) is 4.68 Å². The van der Waals surface area contributed by atoms with E-state index in [1.165, 1.54) is 19.4 Å².